The zero-order valence-electron chi connectivity index (χ0n) is 8.66. The Bertz CT molecular complexity index is 602. The molecule has 84 valence electrons. The van der Waals surface area contributed by atoms with Gasteiger partial charge >= 0.3 is 10.2 Å². The van der Waals surface area contributed by atoms with Gasteiger partial charge in [0.25, 0.3) is 0 Å². The van der Waals surface area contributed by atoms with Gasteiger partial charge in [-0.2, -0.15) is 8.42 Å². The molecule has 0 aliphatic heterocycles. The van der Waals surface area contributed by atoms with E-state index in [1.165, 1.54) is 6.20 Å². The van der Waals surface area contributed by atoms with Crippen molar-refractivity contribution in [1.82, 2.24) is 8.96 Å². The van der Waals surface area contributed by atoms with Crippen molar-refractivity contribution in [2.24, 2.45) is 5.14 Å². The van der Waals surface area contributed by atoms with Crippen molar-refractivity contribution in [3.63, 3.8) is 0 Å². The van der Waals surface area contributed by atoms with Gasteiger partial charge in [-0.15, -0.1) is 0 Å². The van der Waals surface area contributed by atoms with Crippen molar-refractivity contribution >= 4 is 10.2 Å². The number of imidazole rings is 1. The van der Waals surface area contributed by atoms with Gasteiger partial charge in [-0.25, -0.2) is 14.1 Å². The summed E-state index contributed by atoms with van der Waals surface area (Å²) < 4.78 is 23.4. The average molecular weight is 237 g/mol. The summed E-state index contributed by atoms with van der Waals surface area (Å²) in [5, 5.41) is 5.04. The van der Waals surface area contributed by atoms with Crippen LogP contribution < -0.4 is 5.14 Å². The molecule has 0 atom stereocenters. The number of rotatable bonds is 2. The average Bonchev–Trinajstić information content (AvgIpc) is 2.61. The van der Waals surface area contributed by atoms with E-state index < -0.39 is 10.2 Å². The minimum absolute atomic E-state index is 0.348. The fraction of sp³-hybridized carbons (Fsp3) is 0.100. The molecule has 0 bridgehead atoms. The van der Waals surface area contributed by atoms with Crippen LogP contribution in [0.15, 0.2) is 36.5 Å². The van der Waals surface area contributed by atoms with Gasteiger partial charge in [-0.05, 0) is 6.92 Å². The zero-order chi connectivity index (χ0) is 11.8. The maximum absolute atomic E-state index is 11.2. The van der Waals surface area contributed by atoms with Crippen LogP contribution in [0, 0.1) is 6.92 Å². The maximum Gasteiger partial charge on any atom is 0.303 e. The first-order valence-corrected chi connectivity index (χ1v) is 6.13. The molecule has 0 radical (unpaired) electrons. The first kappa shape index (κ1) is 10.8. The fourth-order valence-corrected chi connectivity index (χ4v) is 2.12. The standard InChI is InChI=1S/C10H11N3O2S/c1-8-12-10(7-13(8)16(11,14)15)9-5-3-2-4-6-9/h2-7H,1H3,(H2,11,14,15). The van der Waals surface area contributed by atoms with E-state index in [0.29, 0.717) is 11.5 Å². The largest absolute Gasteiger partial charge is 0.303 e. The highest BCUT2D eigenvalue weighted by atomic mass is 32.2. The number of benzene rings is 1. The molecule has 2 rings (SSSR count). The number of nitrogens with zero attached hydrogens (tertiary/aromatic N) is 2. The van der Waals surface area contributed by atoms with Gasteiger partial charge in [0.05, 0.1) is 5.69 Å². The molecule has 1 aromatic heterocycles. The van der Waals surface area contributed by atoms with Crippen LogP contribution in [0.25, 0.3) is 11.3 Å². The monoisotopic (exact) mass is 237 g/mol. The van der Waals surface area contributed by atoms with Crippen LogP contribution >= 0.6 is 0 Å². The van der Waals surface area contributed by atoms with Crippen molar-refractivity contribution < 1.29 is 8.42 Å². The molecule has 1 aromatic carbocycles. The predicted molar refractivity (Wildman–Crippen MR) is 60.9 cm³/mol. The molecule has 0 aliphatic rings. The van der Waals surface area contributed by atoms with E-state index in [-0.39, 0.29) is 0 Å². The Morgan fingerprint density at radius 2 is 1.88 bits per heavy atom. The van der Waals surface area contributed by atoms with Gasteiger partial charge in [0.1, 0.15) is 5.82 Å². The number of aryl methyl sites for hydroxylation is 1. The van der Waals surface area contributed by atoms with Crippen LogP contribution in [-0.2, 0) is 10.2 Å². The Morgan fingerprint density at radius 1 is 1.25 bits per heavy atom. The Morgan fingerprint density at radius 3 is 2.38 bits per heavy atom. The first-order chi connectivity index (χ1) is 7.48. The summed E-state index contributed by atoms with van der Waals surface area (Å²) >= 11 is 0. The van der Waals surface area contributed by atoms with E-state index in [9.17, 15) is 8.42 Å². The molecule has 0 saturated carbocycles. The molecule has 0 unspecified atom stereocenters. The molecule has 1 heterocycles. The molecular formula is C10H11N3O2S. The van der Waals surface area contributed by atoms with E-state index >= 15 is 0 Å². The third-order valence-corrected chi connectivity index (χ3v) is 3.10. The third kappa shape index (κ3) is 1.98. The summed E-state index contributed by atoms with van der Waals surface area (Å²) in [7, 11) is -3.77. The summed E-state index contributed by atoms with van der Waals surface area (Å²) in [6.45, 7) is 1.59. The molecule has 2 aromatic rings. The predicted octanol–water partition coefficient (Wildman–Crippen LogP) is 0.910. The van der Waals surface area contributed by atoms with Gasteiger partial charge in [-0.3, -0.25) is 0 Å². The number of nitrogens with two attached hydrogens (primary N) is 1. The molecular weight excluding hydrogens is 226 g/mol. The van der Waals surface area contributed by atoms with E-state index in [4.69, 9.17) is 5.14 Å². The highest BCUT2D eigenvalue weighted by Crippen LogP contribution is 2.18. The number of aromatic nitrogens is 2. The van der Waals surface area contributed by atoms with Crippen LogP contribution in [0.5, 0.6) is 0 Å². The van der Waals surface area contributed by atoms with Crippen molar-refractivity contribution in [1.29, 1.82) is 0 Å². The second-order valence-electron chi connectivity index (χ2n) is 3.38. The normalized spacial score (nSPS) is 11.6. The Hall–Kier alpha value is -1.66. The lowest BCUT2D eigenvalue weighted by molar-refractivity contribution is 0.587. The van der Waals surface area contributed by atoms with Gasteiger partial charge in [0.15, 0.2) is 0 Å². The van der Waals surface area contributed by atoms with Gasteiger partial charge < -0.3 is 0 Å². The van der Waals surface area contributed by atoms with Crippen molar-refractivity contribution in [3.8, 4) is 11.3 Å². The molecule has 5 nitrogen and oxygen atoms in total. The summed E-state index contributed by atoms with van der Waals surface area (Å²) in [6.07, 6.45) is 1.42. The first-order valence-electron chi connectivity index (χ1n) is 4.63. The highest BCUT2D eigenvalue weighted by molar-refractivity contribution is 7.87. The fourth-order valence-electron chi connectivity index (χ4n) is 1.46. The lowest BCUT2D eigenvalue weighted by atomic mass is 10.2. The Kier molecular flexibility index (Phi) is 2.53. The van der Waals surface area contributed by atoms with Crippen molar-refractivity contribution in [2.45, 2.75) is 6.92 Å². The van der Waals surface area contributed by atoms with E-state index in [2.05, 4.69) is 4.98 Å². The van der Waals surface area contributed by atoms with Crippen LogP contribution in [0.1, 0.15) is 5.82 Å². The Labute approximate surface area is 93.7 Å². The summed E-state index contributed by atoms with van der Waals surface area (Å²) in [5.74, 6) is 0.348. The topological polar surface area (TPSA) is 78.0 Å². The zero-order valence-corrected chi connectivity index (χ0v) is 9.48. The minimum atomic E-state index is -3.77. The SMILES string of the molecule is Cc1nc(-c2ccccc2)cn1S(N)(=O)=O. The van der Waals surface area contributed by atoms with Gasteiger partial charge in [0.2, 0.25) is 0 Å². The van der Waals surface area contributed by atoms with Crippen LogP contribution in [0.2, 0.25) is 0 Å². The third-order valence-electron chi connectivity index (χ3n) is 2.18. The van der Waals surface area contributed by atoms with Crippen LogP contribution in [-0.4, -0.2) is 17.4 Å². The molecule has 0 aliphatic carbocycles. The lowest BCUT2D eigenvalue weighted by Gasteiger charge is -1.98. The van der Waals surface area contributed by atoms with E-state index in [0.717, 1.165) is 9.54 Å². The molecule has 2 N–H and O–H groups in total. The molecule has 6 heteroatoms. The molecule has 0 saturated heterocycles. The van der Waals surface area contributed by atoms with Crippen molar-refractivity contribution in [2.75, 3.05) is 0 Å². The quantitative estimate of drug-likeness (QED) is 0.843. The van der Waals surface area contributed by atoms with E-state index in [1.54, 1.807) is 6.92 Å². The maximum atomic E-state index is 11.2. The van der Waals surface area contributed by atoms with Gasteiger partial charge in [-0.1, -0.05) is 30.3 Å². The molecule has 0 fully saturated rings. The van der Waals surface area contributed by atoms with Gasteiger partial charge in [0, 0.05) is 11.8 Å². The second kappa shape index (κ2) is 3.73. The summed E-state index contributed by atoms with van der Waals surface area (Å²) in [4.78, 5) is 4.15. The van der Waals surface area contributed by atoms with Crippen molar-refractivity contribution in [3.05, 3.63) is 42.4 Å². The number of hydrogen-bond donors (Lipinski definition) is 1. The summed E-state index contributed by atoms with van der Waals surface area (Å²) in [5.41, 5.74) is 1.44. The van der Waals surface area contributed by atoms with Crippen LogP contribution in [0.4, 0.5) is 0 Å². The molecule has 0 amide bonds. The van der Waals surface area contributed by atoms with E-state index in [1.807, 2.05) is 30.3 Å². The highest BCUT2D eigenvalue weighted by Gasteiger charge is 2.13. The minimum Gasteiger partial charge on any atom is -0.232 e. The molecule has 0 spiro atoms. The second-order valence-corrected chi connectivity index (χ2v) is 4.80. The smallest absolute Gasteiger partial charge is 0.232 e. The summed E-state index contributed by atoms with van der Waals surface area (Å²) in [6, 6.07) is 9.32. The lowest BCUT2D eigenvalue weighted by Crippen LogP contribution is -2.22. The molecule has 16 heavy (non-hydrogen) atoms. The van der Waals surface area contributed by atoms with Crippen LogP contribution in [0.3, 0.4) is 0 Å². The Balaban J connectivity index is 2.55. The number of hydrogen-bond acceptors (Lipinski definition) is 3.